The second kappa shape index (κ2) is 4.01. The van der Waals surface area contributed by atoms with E-state index in [1.807, 2.05) is 36.4 Å². The van der Waals surface area contributed by atoms with Gasteiger partial charge in [0.05, 0.1) is 16.6 Å². The molecule has 17 heavy (non-hydrogen) atoms. The van der Waals surface area contributed by atoms with Crippen LogP contribution in [0, 0.1) is 5.82 Å². The molecule has 0 aliphatic heterocycles. The third kappa shape index (κ3) is 1.80. The number of aromatic nitrogens is 2. The Kier molecular flexibility index (Phi) is 2.37. The van der Waals surface area contributed by atoms with Gasteiger partial charge in [-0.1, -0.05) is 36.4 Å². The van der Waals surface area contributed by atoms with Crippen LogP contribution in [0.4, 0.5) is 4.39 Å². The van der Waals surface area contributed by atoms with E-state index in [9.17, 15) is 4.39 Å². The number of hydrogen-bond acceptors (Lipinski definition) is 1. The van der Waals surface area contributed by atoms with E-state index in [1.165, 1.54) is 6.07 Å². The molecule has 84 valence electrons. The van der Waals surface area contributed by atoms with Gasteiger partial charge in [-0.15, -0.1) is 0 Å². The van der Waals surface area contributed by atoms with Crippen molar-refractivity contribution in [2.45, 2.75) is 6.42 Å². The van der Waals surface area contributed by atoms with Gasteiger partial charge in [0.15, 0.2) is 0 Å². The summed E-state index contributed by atoms with van der Waals surface area (Å²) in [5, 5.41) is 7.64. The normalized spacial score (nSPS) is 10.9. The van der Waals surface area contributed by atoms with Gasteiger partial charge in [0.25, 0.3) is 0 Å². The maximum Gasteiger partial charge on any atom is 0.134 e. The fraction of sp³-hybridized carbons (Fsp3) is 0.0714. The van der Waals surface area contributed by atoms with E-state index in [1.54, 1.807) is 6.07 Å². The molecule has 0 aliphatic carbocycles. The summed E-state index contributed by atoms with van der Waals surface area (Å²) in [6, 6.07) is 14.9. The van der Waals surface area contributed by atoms with Crippen LogP contribution in [-0.4, -0.2) is 10.2 Å². The Bertz CT molecular complexity index is 644. The lowest BCUT2D eigenvalue weighted by Crippen LogP contribution is -1.90. The average molecular weight is 226 g/mol. The third-order valence-corrected chi connectivity index (χ3v) is 2.83. The van der Waals surface area contributed by atoms with Crippen LogP contribution in [0.3, 0.4) is 0 Å². The molecular weight excluding hydrogens is 215 g/mol. The van der Waals surface area contributed by atoms with Gasteiger partial charge in [-0.3, -0.25) is 5.10 Å². The molecule has 0 unspecified atom stereocenters. The second-order valence-corrected chi connectivity index (χ2v) is 4.00. The number of aromatic amines is 1. The number of halogens is 1. The Balaban J connectivity index is 2.07. The van der Waals surface area contributed by atoms with Crippen molar-refractivity contribution in [3.05, 3.63) is 65.6 Å². The molecule has 2 nitrogen and oxygen atoms in total. The molecular formula is C14H11FN2. The molecule has 0 saturated carbocycles. The van der Waals surface area contributed by atoms with Gasteiger partial charge in [-0.25, -0.2) is 4.39 Å². The maximum atomic E-state index is 13.7. The summed E-state index contributed by atoms with van der Waals surface area (Å²) in [4.78, 5) is 0. The van der Waals surface area contributed by atoms with E-state index >= 15 is 0 Å². The van der Waals surface area contributed by atoms with Crippen LogP contribution in [0.15, 0.2) is 48.5 Å². The first-order chi connectivity index (χ1) is 8.34. The predicted molar refractivity (Wildman–Crippen MR) is 65.3 cm³/mol. The summed E-state index contributed by atoms with van der Waals surface area (Å²) in [6.07, 6.45) is 0.641. The van der Waals surface area contributed by atoms with E-state index in [4.69, 9.17) is 0 Å². The molecule has 3 heteroatoms. The average Bonchev–Trinajstić information content (AvgIpc) is 2.75. The second-order valence-electron chi connectivity index (χ2n) is 4.00. The highest BCUT2D eigenvalue weighted by Gasteiger charge is 2.10. The topological polar surface area (TPSA) is 28.7 Å². The number of benzene rings is 2. The van der Waals surface area contributed by atoms with Crippen LogP contribution < -0.4 is 0 Å². The molecule has 0 radical (unpaired) electrons. The van der Waals surface area contributed by atoms with Crippen LogP contribution in [0.5, 0.6) is 0 Å². The Morgan fingerprint density at radius 1 is 1.00 bits per heavy atom. The summed E-state index contributed by atoms with van der Waals surface area (Å²) in [6.45, 7) is 0. The Hall–Kier alpha value is -2.16. The first-order valence-electron chi connectivity index (χ1n) is 5.50. The van der Waals surface area contributed by atoms with Gasteiger partial charge < -0.3 is 0 Å². The number of fused-ring (bicyclic) bond motifs is 1. The zero-order valence-corrected chi connectivity index (χ0v) is 9.15. The van der Waals surface area contributed by atoms with Crippen LogP contribution >= 0.6 is 0 Å². The van der Waals surface area contributed by atoms with Crippen molar-refractivity contribution in [3.8, 4) is 0 Å². The highest BCUT2D eigenvalue weighted by Crippen LogP contribution is 2.21. The standard InChI is InChI=1S/C14H11FN2/c15-11-7-4-8-12-14(11)13(17-16-12)9-10-5-2-1-3-6-10/h1-8H,9H2,(H,16,17). The lowest BCUT2D eigenvalue weighted by Gasteiger charge is -1.99. The predicted octanol–water partition coefficient (Wildman–Crippen LogP) is 3.29. The van der Waals surface area contributed by atoms with Gasteiger partial charge in [0.2, 0.25) is 0 Å². The van der Waals surface area contributed by atoms with E-state index in [0.29, 0.717) is 11.8 Å². The molecule has 2 aromatic carbocycles. The zero-order chi connectivity index (χ0) is 11.7. The summed E-state index contributed by atoms with van der Waals surface area (Å²) in [5.41, 5.74) is 2.63. The van der Waals surface area contributed by atoms with Crippen molar-refractivity contribution in [1.82, 2.24) is 10.2 Å². The molecule has 0 amide bonds. The number of hydrogen-bond donors (Lipinski definition) is 1. The minimum atomic E-state index is -0.220. The SMILES string of the molecule is Fc1cccc2[nH]nc(Cc3ccccc3)c12. The Labute approximate surface area is 98.1 Å². The molecule has 3 rings (SSSR count). The molecule has 0 atom stereocenters. The summed E-state index contributed by atoms with van der Waals surface area (Å²) < 4.78 is 13.7. The lowest BCUT2D eigenvalue weighted by atomic mass is 10.1. The number of H-pyrrole nitrogens is 1. The Morgan fingerprint density at radius 3 is 2.65 bits per heavy atom. The molecule has 3 aromatic rings. The summed E-state index contributed by atoms with van der Waals surface area (Å²) >= 11 is 0. The maximum absolute atomic E-state index is 13.7. The lowest BCUT2D eigenvalue weighted by molar-refractivity contribution is 0.639. The Morgan fingerprint density at radius 2 is 1.82 bits per heavy atom. The van der Waals surface area contributed by atoms with E-state index < -0.39 is 0 Å². The van der Waals surface area contributed by atoms with Crippen LogP contribution in [0.1, 0.15) is 11.3 Å². The number of nitrogens with one attached hydrogen (secondary N) is 1. The molecule has 0 bridgehead atoms. The third-order valence-electron chi connectivity index (χ3n) is 2.83. The van der Waals surface area contributed by atoms with Crippen molar-refractivity contribution in [2.24, 2.45) is 0 Å². The van der Waals surface area contributed by atoms with Gasteiger partial charge in [-0.05, 0) is 17.7 Å². The minimum absolute atomic E-state index is 0.220. The highest BCUT2D eigenvalue weighted by molar-refractivity contribution is 5.82. The summed E-state index contributed by atoms with van der Waals surface area (Å²) in [7, 11) is 0. The largest absolute Gasteiger partial charge is 0.277 e. The van der Waals surface area contributed by atoms with Gasteiger partial charge in [-0.2, -0.15) is 5.10 Å². The first kappa shape index (κ1) is 10.0. The van der Waals surface area contributed by atoms with Crippen molar-refractivity contribution in [2.75, 3.05) is 0 Å². The van der Waals surface area contributed by atoms with Gasteiger partial charge in [0.1, 0.15) is 5.82 Å². The number of nitrogens with zero attached hydrogens (tertiary/aromatic N) is 1. The quantitative estimate of drug-likeness (QED) is 0.713. The highest BCUT2D eigenvalue weighted by atomic mass is 19.1. The smallest absolute Gasteiger partial charge is 0.134 e. The zero-order valence-electron chi connectivity index (χ0n) is 9.15. The first-order valence-corrected chi connectivity index (χ1v) is 5.50. The van der Waals surface area contributed by atoms with Crippen LogP contribution in [0.25, 0.3) is 10.9 Å². The number of rotatable bonds is 2. The van der Waals surface area contributed by atoms with Crippen LogP contribution in [0.2, 0.25) is 0 Å². The molecule has 0 aliphatic rings. The van der Waals surface area contributed by atoms with Crippen molar-refractivity contribution >= 4 is 10.9 Å². The van der Waals surface area contributed by atoms with Gasteiger partial charge >= 0.3 is 0 Å². The van der Waals surface area contributed by atoms with E-state index in [2.05, 4.69) is 10.2 Å². The summed E-state index contributed by atoms with van der Waals surface area (Å²) in [5.74, 6) is -0.220. The monoisotopic (exact) mass is 226 g/mol. The molecule has 0 fully saturated rings. The molecule has 1 N–H and O–H groups in total. The van der Waals surface area contributed by atoms with Gasteiger partial charge in [0, 0.05) is 6.42 Å². The van der Waals surface area contributed by atoms with Crippen molar-refractivity contribution in [3.63, 3.8) is 0 Å². The molecule has 1 heterocycles. The van der Waals surface area contributed by atoms with Crippen molar-refractivity contribution < 1.29 is 4.39 Å². The molecule has 0 spiro atoms. The van der Waals surface area contributed by atoms with E-state index in [0.717, 1.165) is 16.8 Å². The molecule has 0 saturated heterocycles. The van der Waals surface area contributed by atoms with E-state index in [-0.39, 0.29) is 5.82 Å². The molecule has 1 aromatic heterocycles. The van der Waals surface area contributed by atoms with Crippen LogP contribution in [-0.2, 0) is 6.42 Å². The fourth-order valence-electron chi connectivity index (χ4n) is 2.01. The van der Waals surface area contributed by atoms with Crippen molar-refractivity contribution in [1.29, 1.82) is 0 Å². The fourth-order valence-corrected chi connectivity index (χ4v) is 2.01. The minimum Gasteiger partial charge on any atom is -0.277 e.